The number of halogens is 1. The molecule has 2 N–H and O–H groups in total. The third-order valence-electron chi connectivity index (χ3n) is 4.68. The Morgan fingerprint density at radius 1 is 1.29 bits per heavy atom. The molecule has 1 aromatic rings. The van der Waals surface area contributed by atoms with Crippen molar-refractivity contribution >= 4 is 5.96 Å². The van der Waals surface area contributed by atoms with Gasteiger partial charge in [0.25, 0.3) is 0 Å². The Kier molecular flexibility index (Phi) is 7.50. The average molecular weight is 334 g/mol. The van der Waals surface area contributed by atoms with Crippen molar-refractivity contribution in [2.45, 2.75) is 39.2 Å². The van der Waals surface area contributed by atoms with Gasteiger partial charge in [-0.25, -0.2) is 4.39 Å². The summed E-state index contributed by atoms with van der Waals surface area (Å²) < 4.78 is 12.9. The van der Waals surface area contributed by atoms with Crippen molar-refractivity contribution in [2.24, 2.45) is 10.9 Å². The normalized spacial score (nSPS) is 19.5. The van der Waals surface area contributed by atoms with Gasteiger partial charge in [0, 0.05) is 32.7 Å². The van der Waals surface area contributed by atoms with Crippen LogP contribution in [-0.2, 0) is 6.42 Å². The van der Waals surface area contributed by atoms with Crippen LogP contribution in [0, 0.1) is 11.7 Å². The van der Waals surface area contributed by atoms with E-state index in [1.807, 2.05) is 12.1 Å². The first-order valence-corrected chi connectivity index (χ1v) is 9.01. The van der Waals surface area contributed by atoms with Gasteiger partial charge < -0.3 is 15.5 Å². The summed E-state index contributed by atoms with van der Waals surface area (Å²) in [6.07, 6.45) is 3.41. The van der Waals surface area contributed by atoms with E-state index in [0.29, 0.717) is 12.0 Å². The Balaban J connectivity index is 1.69. The van der Waals surface area contributed by atoms with Crippen LogP contribution in [0.5, 0.6) is 0 Å². The Bertz CT molecular complexity index is 513. The van der Waals surface area contributed by atoms with Crippen LogP contribution in [0.3, 0.4) is 0 Å². The lowest BCUT2D eigenvalue weighted by Gasteiger charge is -2.35. The Labute approximate surface area is 145 Å². The van der Waals surface area contributed by atoms with Crippen LogP contribution in [0.4, 0.5) is 4.39 Å². The van der Waals surface area contributed by atoms with Crippen molar-refractivity contribution in [3.63, 3.8) is 0 Å². The summed E-state index contributed by atoms with van der Waals surface area (Å²) in [5.41, 5.74) is 1.12. The van der Waals surface area contributed by atoms with Crippen LogP contribution < -0.4 is 10.6 Å². The highest BCUT2D eigenvalue weighted by molar-refractivity contribution is 5.79. The number of piperidine rings is 1. The Hall–Kier alpha value is -1.62. The minimum Gasteiger partial charge on any atom is -0.356 e. The van der Waals surface area contributed by atoms with E-state index in [-0.39, 0.29) is 5.82 Å². The Morgan fingerprint density at radius 3 is 2.71 bits per heavy atom. The van der Waals surface area contributed by atoms with E-state index in [0.717, 1.165) is 37.6 Å². The zero-order valence-electron chi connectivity index (χ0n) is 15.2. The fourth-order valence-electron chi connectivity index (χ4n) is 3.17. The largest absolute Gasteiger partial charge is 0.356 e. The highest BCUT2D eigenvalue weighted by Crippen LogP contribution is 2.17. The van der Waals surface area contributed by atoms with Gasteiger partial charge in [-0.05, 0) is 63.3 Å². The molecular formula is C19H31FN4. The van der Waals surface area contributed by atoms with Gasteiger partial charge >= 0.3 is 0 Å². The quantitative estimate of drug-likeness (QED) is 0.621. The van der Waals surface area contributed by atoms with E-state index in [9.17, 15) is 4.39 Å². The molecule has 0 amide bonds. The van der Waals surface area contributed by atoms with E-state index in [4.69, 9.17) is 0 Å². The van der Waals surface area contributed by atoms with Crippen LogP contribution in [0.1, 0.15) is 32.3 Å². The molecule has 24 heavy (non-hydrogen) atoms. The third kappa shape index (κ3) is 6.11. The zero-order valence-corrected chi connectivity index (χ0v) is 15.2. The van der Waals surface area contributed by atoms with E-state index < -0.39 is 0 Å². The molecule has 134 valence electrons. The molecule has 0 aliphatic carbocycles. The number of aliphatic imine (C=N–C) groups is 1. The summed E-state index contributed by atoms with van der Waals surface area (Å²) in [4.78, 5) is 6.85. The van der Waals surface area contributed by atoms with Crippen LogP contribution in [-0.4, -0.2) is 50.1 Å². The number of guanidine groups is 1. The molecule has 0 saturated carbocycles. The molecule has 1 aromatic carbocycles. The predicted molar refractivity (Wildman–Crippen MR) is 98.9 cm³/mol. The van der Waals surface area contributed by atoms with Gasteiger partial charge in [-0.2, -0.15) is 0 Å². The molecule has 1 atom stereocenters. The molecule has 0 radical (unpaired) electrons. The van der Waals surface area contributed by atoms with Crippen LogP contribution in [0.2, 0.25) is 0 Å². The predicted octanol–water partition coefficient (Wildman–Crippen LogP) is 2.65. The molecule has 1 heterocycles. The van der Waals surface area contributed by atoms with E-state index in [2.05, 4.69) is 34.4 Å². The Morgan fingerprint density at radius 2 is 2.04 bits per heavy atom. The number of hydrogen-bond donors (Lipinski definition) is 2. The van der Waals surface area contributed by atoms with Crippen LogP contribution in [0.15, 0.2) is 29.3 Å². The monoisotopic (exact) mass is 334 g/mol. The number of nitrogens with zero attached hydrogens (tertiary/aromatic N) is 2. The standard InChI is InChI=1S/C19H31FN4/c1-15(2)24-12-4-5-17(14-24)13-23-19(21-3)22-11-10-16-6-8-18(20)9-7-16/h6-9,15,17H,4-5,10-14H2,1-3H3,(H2,21,22,23). The summed E-state index contributed by atoms with van der Waals surface area (Å²) in [6, 6.07) is 7.30. The molecule has 1 aliphatic rings. The van der Waals surface area contributed by atoms with Gasteiger partial charge in [0.1, 0.15) is 5.82 Å². The number of likely N-dealkylation sites (tertiary alicyclic amines) is 1. The van der Waals surface area contributed by atoms with Crippen molar-refractivity contribution in [1.29, 1.82) is 0 Å². The minimum atomic E-state index is -0.188. The van der Waals surface area contributed by atoms with Crippen LogP contribution in [0.25, 0.3) is 0 Å². The van der Waals surface area contributed by atoms with Crippen LogP contribution >= 0.6 is 0 Å². The van der Waals surface area contributed by atoms with Gasteiger partial charge in [0.05, 0.1) is 0 Å². The molecule has 1 aliphatic heterocycles. The number of benzene rings is 1. The van der Waals surface area contributed by atoms with Crippen molar-refractivity contribution in [3.8, 4) is 0 Å². The second kappa shape index (κ2) is 9.62. The maximum atomic E-state index is 12.9. The van der Waals surface area contributed by atoms with E-state index >= 15 is 0 Å². The molecule has 0 spiro atoms. The smallest absolute Gasteiger partial charge is 0.190 e. The molecule has 1 fully saturated rings. The summed E-state index contributed by atoms with van der Waals surface area (Å²) in [7, 11) is 1.80. The molecule has 0 bridgehead atoms. The number of nitrogens with one attached hydrogen (secondary N) is 2. The van der Waals surface area contributed by atoms with Gasteiger partial charge in [-0.1, -0.05) is 12.1 Å². The summed E-state index contributed by atoms with van der Waals surface area (Å²) in [5, 5.41) is 6.78. The fraction of sp³-hybridized carbons (Fsp3) is 0.632. The van der Waals surface area contributed by atoms with Gasteiger partial charge in [0.2, 0.25) is 0 Å². The summed E-state index contributed by atoms with van der Waals surface area (Å²) in [5.74, 6) is 1.34. The number of hydrogen-bond acceptors (Lipinski definition) is 2. The van der Waals surface area contributed by atoms with Crippen molar-refractivity contribution < 1.29 is 4.39 Å². The molecule has 0 aromatic heterocycles. The van der Waals surface area contributed by atoms with E-state index in [1.54, 1.807) is 7.05 Å². The second-order valence-corrected chi connectivity index (χ2v) is 6.85. The van der Waals surface area contributed by atoms with Gasteiger partial charge in [-0.15, -0.1) is 0 Å². The molecule has 1 unspecified atom stereocenters. The topological polar surface area (TPSA) is 39.7 Å². The highest BCUT2D eigenvalue weighted by Gasteiger charge is 2.21. The van der Waals surface area contributed by atoms with Gasteiger partial charge in [0.15, 0.2) is 5.96 Å². The minimum absolute atomic E-state index is 0.188. The average Bonchev–Trinajstić information content (AvgIpc) is 2.59. The van der Waals surface area contributed by atoms with E-state index in [1.165, 1.54) is 31.5 Å². The summed E-state index contributed by atoms with van der Waals surface area (Å²) in [6.45, 7) is 8.67. The van der Waals surface area contributed by atoms with Crippen molar-refractivity contribution in [1.82, 2.24) is 15.5 Å². The molecule has 2 rings (SSSR count). The summed E-state index contributed by atoms with van der Waals surface area (Å²) >= 11 is 0. The fourth-order valence-corrected chi connectivity index (χ4v) is 3.17. The third-order valence-corrected chi connectivity index (χ3v) is 4.68. The molecule has 1 saturated heterocycles. The zero-order chi connectivity index (χ0) is 17.4. The lowest BCUT2D eigenvalue weighted by atomic mass is 9.97. The first-order chi connectivity index (χ1) is 11.6. The lowest BCUT2D eigenvalue weighted by Crippen LogP contribution is -2.46. The van der Waals surface area contributed by atoms with Crippen molar-refractivity contribution in [2.75, 3.05) is 33.2 Å². The molecule has 5 heteroatoms. The first kappa shape index (κ1) is 18.7. The second-order valence-electron chi connectivity index (χ2n) is 6.85. The maximum absolute atomic E-state index is 12.9. The number of rotatable bonds is 6. The van der Waals surface area contributed by atoms with Crippen molar-refractivity contribution in [3.05, 3.63) is 35.6 Å². The SMILES string of the molecule is CN=C(NCCc1ccc(F)cc1)NCC1CCCN(C(C)C)C1. The first-order valence-electron chi connectivity index (χ1n) is 9.01. The maximum Gasteiger partial charge on any atom is 0.190 e. The highest BCUT2D eigenvalue weighted by atomic mass is 19.1. The molecular weight excluding hydrogens is 303 g/mol. The molecule has 4 nitrogen and oxygen atoms in total. The van der Waals surface area contributed by atoms with Gasteiger partial charge in [-0.3, -0.25) is 4.99 Å². The lowest BCUT2D eigenvalue weighted by molar-refractivity contribution is 0.141.